The molecule has 2 rings (SSSR count). The third kappa shape index (κ3) is 5.03. The number of anilines is 1. The predicted molar refractivity (Wildman–Crippen MR) is 87.4 cm³/mol. The number of benzene rings is 2. The van der Waals surface area contributed by atoms with Crippen molar-refractivity contribution in [2.45, 2.75) is 19.8 Å². The molecule has 3 nitrogen and oxygen atoms in total. The van der Waals surface area contributed by atoms with Gasteiger partial charge in [-0.25, -0.2) is 0 Å². The van der Waals surface area contributed by atoms with Crippen molar-refractivity contribution < 1.29 is 9.47 Å². The number of ether oxygens (including phenoxy) is 2. The fourth-order valence-corrected chi connectivity index (χ4v) is 2.12. The van der Waals surface area contributed by atoms with E-state index in [0.717, 1.165) is 43.2 Å². The molecule has 0 heterocycles. The Morgan fingerprint density at radius 3 is 2.57 bits per heavy atom. The van der Waals surface area contributed by atoms with Gasteiger partial charge in [0.25, 0.3) is 0 Å². The maximum absolute atomic E-state index is 5.67. The minimum Gasteiger partial charge on any atom is -0.495 e. The molecule has 0 aliphatic heterocycles. The Morgan fingerprint density at radius 1 is 1.00 bits per heavy atom. The molecule has 2 aromatic rings. The zero-order chi connectivity index (χ0) is 14.9. The van der Waals surface area contributed by atoms with Crippen molar-refractivity contribution in [3.05, 3.63) is 54.1 Å². The molecular weight excluding hydrogens is 262 g/mol. The third-order valence-corrected chi connectivity index (χ3v) is 3.25. The third-order valence-electron chi connectivity index (χ3n) is 3.25. The SMILES string of the molecule is COc1ccc(C)cc1NCCCCOc1ccccc1. The van der Waals surface area contributed by atoms with Gasteiger partial charge in [0.1, 0.15) is 11.5 Å². The zero-order valence-corrected chi connectivity index (χ0v) is 12.8. The Labute approximate surface area is 126 Å². The van der Waals surface area contributed by atoms with Crippen LogP contribution in [0, 0.1) is 6.92 Å². The van der Waals surface area contributed by atoms with E-state index in [1.54, 1.807) is 7.11 Å². The van der Waals surface area contributed by atoms with Crippen LogP contribution in [0.3, 0.4) is 0 Å². The second-order valence-electron chi connectivity index (χ2n) is 5.00. The number of methoxy groups -OCH3 is 1. The van der Waals surface area contributed by atoms with E-state index in [0.29, 0.717) is 0 Å². The van der Waals surface area contributed by atoms with Gasteiger partial charge in [-0.05, 0) is 49.6 Å². The van der Waals surface area contributed by atoms with Crippen molar-refractivity contribution in [3.8, 4) is 11.5 Å². The summed E-state index contributed by atoms with van der Waals surface area (Å²) in [6.07, 6.45) is 2.08. The Balaban J connectivity index is 1.67. The molecule has 0 fully saturated rings. The van der Waals surface area contributed by atoms with Gasteiger partial charge in [0.15, 0.2) is 0 Å². The van der Waals surface area contributed by atoms with Gasteiger partial charge in [-0.15, -0.1) is 0 Å². The topological polar surface area (TPSA) is 30.5 Å². The van der Waals surface area contributed by atoms with Crippen LogP contribution < -0.4 is 14.8 Å². The highest BCUT2D eigenvalue weighted by Gasteiger charge is 2.02. The van der Waals surface area contributed by atoms with Gasteiger partial charge >= 0.3 is 0 Å². The molecule has 0 unspecified atom stereocenters. The second kappa shape index (κ2) is 8.20. The minimum absolute atomic E-state index is 0.747. The summed E-state index contributed by atoms with van der Waals surface area (Å²) in [6.45, 7) is 3.74. The molecule has 0 aliphatic carbocycles. The standard InChI is InChI=1S/C18H23NO2/c1-15-10-11-18(20-2)17(14-15)19-12-6-7-13-21-16-8-4-3-5-9-16/h3-5,8-11,14,19H,6-7,12-13H2,1-2H3. The molecule has 0 aliphatic rings. The van der Waals surface area contributed by atoms with Crippen LogP contribution in [0.4, 0.5) is 5.69 Å². The molecule has 0 aromatic heterocycles. The maximum atomic E-state index is 5.67. The molecule has 0 radical (unpaired) electrons. The first-order chi connectivity index (χ1) is 10.3. The fraction of sp³-hybridized carbons (Fsp3) is 0.333. The normalized spacial score (nSPS) is 10.2. The van der Waals surface area contributed by atoms with E-state index in [2.05, 4.69) is 24.4 Å². The van der Waals surface area contributed by atoms with Crippen molar-refractivity contribution in [2.24, 2.45) is 0 Å². The molecule has 3 heteroatoms. The molecule has 0 spiro atoms. The van der Waals surface area contributed by atoms with Gasteiger partial charge in [0.05, 0.1) is 19.4 Å². The zero-order valence-electron chi connectivity index (χ0n) is 12.8. The van der Waals surface area contributed by atoms with Crippen molar-refractivity contribution in [1.29, 1.82) is 0 Å². The van der Waals surface area contributed by atoms with Gasteiger partial charge in [0.2, 0.25) is 0 Å². The van der Waals surface area contributed by atoms with E-state index in [4.69, 9.17) is 9.47 Å². The van der Waals surface area contributed by atoms with Gasteiger partial charge in [-0.2, -0.15) is 0 Å². The van der Waals surface area contributed by atoms with Gasteiger partial charge in [0, 0.05) is 6.54 Å². The number of para-hydroxylation sites is 1. The number of hydrogen-bond donors (Lipinski definition) is 1. The van der Waals surface area contributed by atoms with Gasteiger partial charge in [-0.3, -0.25) is 0 Å². The van der Waals surface area contributed by atoms with Gasteiger partial charge < -0.3 is 14.8 Å². The molecule has 0 bridgehead atoms. The smallest absolute Gasteiger partial charge is 0.141 e. The molecule has 1 N–H and O–H groups in total. The molecule has 0 atom stereocenters. The first-order valence-electron chi connectivity index (χ1n) is 7.36. The second-order valence-corrected chi connectivity index (χ2v) is 5.00. The van der Waals surface area contributed by atoms with E-state index in [1.807, 2.05) is 36.4 Å². The van der Waals surface area contributed by atoms with E-state index in [1.165, 1.54) is 5.56 Å². The van der Waals surface area contributed by atoms with Crippen LogP contribution in [0.5, 0.6) is 11.5 Å². The summed E-state index contributed by atoms with van der Waals surface area (Å²) in [7, 11) is 1.70. The lowest BCUT2D eigenvalue weighted by Gasteiger charge is -2.12. The summed E-state index contributed by atoms with van der Waals surface area (Å²) in [5, 5.41) is 3.42. The Bertz CT molecular complexity index is 540. The number of rotatable bonds is 8. The molecule has 0 saturated carbocycles. The first kappa shape index (κ1) is 15.2. The summed E-state index contributed by atoms with van der Waals surface area (Å²) in [5.74, 6) is 1.83. The highest BCUT2D eigenvalue weighted by molar-refractivity contribution is 5.57. The summed E-state index contributed by atoms with van der Waals surface area (Å²) in [4.78, 5) is 0. The van der Waals surface area contributed by atoms with E-state index in [9.17, 15) is 0 Å². The average Bonchev–Trinajstić information content (AvgIpc) is 2.52. The molecule has 0 amide bonds. The van der Waals surface area contributed by atoms with Crippen LogP contribution >= 0.6 is 0 Å². The summed E-state index contributed by atoms with van der Waals surface area (Å²) in [5.41, 5.74) is 2.28. The Hall–Kier alpha value is -2.16. The average molecular weight is 285 g/mol. The molecular formula is C18H23NO2. The van der Waals surface area contributed by atoms with Crippen LogP contribution in [-0.2, 0) is 0 Å². The quantitative estimate of drug-likeness (QED) is 0.735. The van der Waals surface area contributed by atoms with Crippen molar-refractivity contribution in [3.63, 3.8) is 0 Å². The van der Waals surface area contributed by atoms with Crippen LogP contribution in [0.25, 0.3) is 0 Å². The maximum Gasteiger partial charge on any atom is 0.141 e. The van der Waals surface area contributed by atoms with Crippen molar-refractivity contribution >= 4 is 5.69 Å². The lowest BCUT2D eigenvalue weighted by atomic mass is 10.2. The van der Waals surface area contributed by atoms with Crippen LogP contribution in [0.15, 0.2) is 48.5 Å². The highest BCUT2D eigenvalue weighted by Crippen LogP contribution is 2.25. The highest BCUT2D eigenvalue weighted by atomic mass is 16.5. The summed E-state index contributed by atoms with van der Waals surface area (Å²) in [6, 6.07) is 16.1. The van der Waals surface area contributed by atoms with E-state index < -0.39 is 0 Å². The van der Waals surface area contributed by atoms with Crippen LogP contribution in [-0.4, -0.2) is 20.3 Å². The number of aryl methyl sites for hydroxylation is 1. The number of unbranched alkanes of at least 4 members (excludes halogenated alkanes) is 1. The molecule has 21 heavy (non-hydrogen) atoms. The largest absolute Gasteiger partial charge is 0.495 e. The van der Waals surface area contributed by atoms with Gasteiger partial charge in [-0.1, -0.05) is 24.3 Å². The summed E-state index contributed by atoms with van der Waals surface area (Å²) < 4.78 is 11.0. The van der Waals surface area contributed by atoms with Crippen molar-refractivity contribution in [1.82, 2.24) is 0 Å². The fourth-order valence-electron chi connectivity index (χ4n) is 2.12. The van der Waals surface area contributed by atoms with E-state index in [-0.39, 0.29) is 0 Å². The van der Waals surface area contributed by atoms with Crippen molar-refractivity contribution in [2.75, 3.05) is 25.6 Å². The van der Waals surface area contributed by atoms with Crippen LogP contribution in [0.2, 0.25) is 0 Å². The Morgan fingerprint density at radius 2 is 1.81 bits per heavy atom. The van der Waals surface area contributed by atoms with E-state index >= 15 is 0 Å². The lowest BCUT2D eigenvalue weighted by Crippen LogP contribution is -2.06. The van der Waals surface area contributed by atoms with Crippen LogP contribution in [0.1, 0.15) is 18.4 Å². The lowest BCUT2D eigenvalue weighted by molar-refractivity contribution is 0.308. The number of nitrogens with one attached hydrogen (secondary N) is 1. The molecule has 0 saturated heterocycles. The Kier molecular flexibility index (Phi) is 5.95. The number of hydrogen-bond acceptors (Lipinski definition) is 3. The minimum atomic E-state index is 0.747. The monoisotopic (exact) mass is 285 g/mol. The molecule has 2 aromatic carbocycles. The molecule has 112 valence electrons. The predicted octanol–water partition coefficient (Wildman–Crippen LogP) is 4.27. The summed E-state index contributed by atoms with van der Waals surface area (Å²) >= 11 is 0. The first-order valence-corrected chi connectivity index (χ1v) is 7.36.